The molecule has 0 radical (unpaired) electrons. The fourth-order valence-electron chi connectivity index (χ4n) is 2.91. The van der Waals surface area contributed by atoms with E-state index in [9.17, 15) is 14.4 Å². The summed E-state index contributed by atoms with van der Waals surface area (Å²) >= 11 is 1.49. The minimum absolute atomic E-state index is 0.291. The van der Waals surface area contributed by atoms with Gasteiger partial charge in [-0.15, -0.1) is 11.3 Å². The number of rotatable bonds is 7. The maximum Gasteiger partial charge on any atom is 0.328 e. The monoisotopic (exact) mass is 429 g/mol. The summed E-state index contributed by atoms with van der Waals surface area (Å²) in [4.78, 5) is 38.1. The Morgan fingerprint density at radius 2 is 1.93 bits per heavy atom. The second-order valence-electron chi connectivity index (χ2n) is 6.83. The van der Waals surface area contributed by atoms with Crippen LogP contribution in [-0.4, -0.2) is 34.9 Å². The number of aryl methyl sites for hydroxylation is 2. The highest BCUT2D eigenvalue weighted by molar-refractivity contribution is 7.19. The lowest BCUT2D eigenvalue weighted by atomic mass is 10.2. The summed E-state index contributed by atoms with van der Waals surface area (Å²) in [5.41, 5.74) is 1.42. The molecular formula is C21H23N3O5S. The van der Waals surface area contributed by atoms with Gasteiger partial charge in [0.25, 0.3) is 11.5 Å². The Hall–Kier alpha value is -3.20. The molecule has 1 atom stereocenters. The highest BCUT2D eigenvalue weighted by Crippen LogP contribution is 2.26. The average Bonchev–Trinajstić information content (AvgIpc) is 3.03. The van der Waals surface area contributed by atoms with Crippen LogP contribution in [0.4, 0.5) is 0 Å². The van der Waals surface area contributed by atoms with E-state index in [1.54, 1.807) is 25.4 Å². The summed E-state index contributed by atoms with van der Waals surface area (Å²) in [6, 6.07) is 7.25. The second kappa shape index (κ2) is 9.08. The number of amides is 1. The first-order valence-electron chi connectivity index (χ1n) is 9.36. The third-order valence-electron chi connectivity index (χ3n) is 4.76. The number of nitrogens with zero attached hydrogens (tertiary/aromatic N) is 2. The lowest BCUT2D eigenvalue weighted by Gasteiger charge is -2.14. The minimum atomic E-state index is -1.000. The topological polar surface area (TPSA) is 99.5 Å². The normalized spacial score (nSPS) is 11.9. The zero-order chi connectivity index (χ0) is 21.8. The van der Waals surface area contributed by atoms with Crippen molar-refractivity contribution in [3.8, 4) is 5.75 Å². The molecule has 158 valence electrons. The number of esters is 1. The predicted molar refractivity (Wildman–Crippen MR) is 114 cm³/mol. The quantitative estimate of drug-likeness (QED) is 0.579. The van der Waals surface area contributed by atoms with Crippen molar-refractivity contribution >= 4 is 33.3 Å². The fourth-order valence-corrected chi connectivity index (χ4v) is 3.94. The van der Waals surface area contributed by atoms with Crippen molar-refractivity contribution in [3.63, 3.8) is 0 Å². The molecule has 2 heterocycles. The molecule has 1 aromatic carbocycles. The number of carbonyl (C=O) groups is 2. The highest BCUT2D eigenvalue weighted by atomic mass is 32.1. The molecule has 3 aromatic rings. The van der Waals surface area contributed by atoms with Crippen molar-refractivity contribution < 1.29 is 19.1 Å². The largest absolute Gasteiger partial charge is 0.497 e. The number of thiophene rings is 1. The van der Waals surface area contributed by atoms with Crippen LogP contribution in [0.25, 0.3) is 10.1 Å². The van der Waals surface area contributed by atoms with E-state index >= 15 is 0 Å². The lowest BCUT2D eigenvalue weighted by molar-refractivity contribution is -0.155. The van der Waals surface area contributed by atoms with Crippen LogP contribution >= 0.6 is 11.3 Å². The van der Waals surface area contributed by atoms with Gasteiger partial charge in [-0.1, -0.05) is 12.1 Å². The molecule has 0 saturated carbocycles. The van der Waals surface area contributed by atoms with E-state index in [1.807, 2.05) is 26.0 Å². The molecule has 3 rings (SSSR count). The summed E-state index contributed by atoms with van der Waals surface area (Å²) in [6.07, 6.45) is 0.569. The number of benzene rings is 1. The molecule has 0 spiro atoms. The van der Waals surface area contributed by atoms with Crippen molar-refractivity contribution in [2.75, 3.05) is 7.11 Å². The number of hydrogen-bond acceptors (Lipinski definition) is 7. The number of fused-ring (bicyclic) bond motifs is 1. The van der Waals surface area contributed by atoms with Gasteiger partial charge in [0.2, 0.25) is 0 Å². The fraction of sp³-hybridized carbons (Fsp3) is 0.333. The third-order valence-corrected chi connectivity index (χ3v) is 5.90. The number of carbonyl (C=O) groups excluding carboxylic acids is 2. The van der Waals surface area contributed by atoms with Gasteiger partial charge in [0.1, 0.15) is 12.3 Å². The minimum Gasteiger partial charge on any atom is -0.497 e. The van der Waals surface area contributed by atoms with Gasteiger partial charge in [-0.3, -0.25) is 14.4 Å². The number of methoxy groups -OCH3 is 1. The predicted octanol–water partition coefficient (Wildman–Crippen LogP) is 2.33. The van der Waals surface area contributed by atoms with Gasteiger partial charge in [-0.25, -0.2) is 4.68 Å². The van der Waals surface area contributed by atoms with Crippen LogP contribution < -0.4 is 15.6 Å². The zero-order valence-corrected chi connectivity index (χ0v) is 18.0. The van der Waals surface area contributed by atoms with Crippen LogP contribution in [0.1, 0.15) is 22.9 Å². The maximum atomic E-state index is 12.6. The molecular weight excluding hydrogens is 406 g/mol. The molecule has 0 aliphatic heterocycles. The van der Waals surface area contributed by atoms with Crippen molar-refractivity contribution in [3.05, 3.63) is 56.8 Å². The number of hydrogen-bond donors (Lipinski definition) is 1. The molecule has 9 heteroatoms. The molecule has 0 bridgehead atoms. The van der Waals surface area contributed by atoms with Crippen LogP contribution in [0.3, 0.4) is 0 Å². The van der Waals surface area contributed by atoms with Crippen LogP contribution in [0.2, 0.25) is 0 Å². The Labute approximate surface area is 177 Å². The SMILES string of the molecule is COc1ccc(CNC(=O)C(C)OC(=O)Cn2ncc3sc(C)c(C)c3c2=O)cc1. The van der Waals surface area contributed by atoms with Crippen molar-refractivity contribution in [1.29, 1.82) is 0 Å². The van der Waals surface area contributed by atoms with E-state index in [-0.39, 0.29) is 12.1 Å². The Bertz CT molecular complexity index is 1130. The molecule has 2 aromatic heterocycles. The zero-order valence-electron chi connectivity index (χ0n) is 17.2. The smallest absolute Gasteiger partial charge is 0.328 e. The Kier molecular flexibility index (Phi) is 6.51. The van der Waals surface area contributed by atoms with E-state index in [0.29, 0.717) is 11.9 Å². The number of ether oxygens (including phenoxy) is 2. The van der Waals surface area contributed by atoms with Crippen LogP contribution in [0.5, 0.6) is 5.75 Å². The second-order valence-corrected chi connectivity index (χ2v) is 8.08. The van der Waals surface area contributed by atoms with Crippen molar-refractivity contribution in [2.45, 2.75) is 40.0 Å². The van der Waals surface area contributed by atoms with Crippen molar-refractivity contribution in [2.24, 2.45) is 0 Å². The Balaban J connectivity index is 1.58. The van der Waals surface area contributed by atoms with E-state index < -0.39 is 18.0 Å². The lowest BCUT2D eigenvalue weighted by Crippen LogP contribution is -2.37. The summed E-state index contributed by atoms with van der Waals surface area (Å²) in [7, 11) is 1.58. The van der Waals surface area contributed by atoms with Crippen LogP contribution in [0.15, 0.2) is 35.3 Å². The molecule has 0 aliphatic carbocycles. The first-order valence-corrected chi connectivity index (χ1v) is 10.2. The molecule has 30 heavy (non-hydrogen) atoms. The number of aromatic nitrogens is 2. The first kappa shape index (κ1) is 21.5. The molecule has 1 amide bonds. The molecule has 1 unspecified atom stereocenters. The molecule has 0 aliphatic rings. The van der Waals surface area contributed by atoms with Crippen LogP contribution in [-0.2, 0) is 27.4 Å². The summed E-state index contributed by atoms with van der Waals surface area (Å²) in [6.45, 7) is 5.21. The summed E-state index contributed by atoms with van der Waals surface area (Å²) < 4.78 is 12.1. The Morgan fingerprint density at radius 3 is 2.60 bits per heavy atom. The molecule has 0 saturated heterocycles. The van der Waals surface area contributed by atoms with Gasteiger partial charge < -0.3 is 14.8 Å². The maximum absolute atomic E-state index is 12.6. The van der Waals surface area contributed by atoms with E-state index in [2.05, 4.69) is 10.4 Å². The van der Waals surface area contributed by atoms with Gasteiger partial charge in [-0.05, 0) is 44.0 Å². The third kappa shape index (κ3) is 4.68. The van der Waals surface area contributed by atoms with Gasteiger partial charge in [0.15, 0.2) is 6.10 Å². The molecule has 0 fully saturated rings. The first-order chi connectivity index (χ1) is 14.3. The van der Waals surface area contributed by atoms with E-state index in [1.165, 1.54) is 18.3 Å². The standard InChI is InChI=1S/C21H23N3O5S/c1-12-14(3)30-17-10-23-24(21(27)19(12)17)11-18(25)29-13(2)20(26)22-9-15-5-7-16(28-4)8-6-15/h5-8,10,13H,9,11H2,1-4H3,(H,22,26). The average molecular weight is 429 g/mol. The molecule has 8 nitrogen and oxygen atoms in total. The van der Waals surface area contributed by atoms with E-state index in [0.717, 1.165) is 31.1 Å². The summed E-state index contributed by atoms with van der Waals surface area (Å²) in [5.74, 6) is -0.415. The van der Waals surface area contributed by atoms with Gasteiger partial charge in [0.05, 0.1) is 23.4 Å². The Morgan fingerprint density at radius 1 is 1.23 bits per heavy atom. The van der Waals surface area contributed by atoms with Gasteiger partial charge >= 0.3 is 5.97 Å². The number of nitrogens with one attached hydrogen (secondary N) is 1. The van der Waals surface area contributed by atoms with E-state index in [4.69, 9.17) is 9.47 Å². The van der Waals surface area contributed by atoms with Gasteiger partial charge in [0, 0.05) is 11.4 Å². The molecule has 1 N–H and O–H groups in total. The summed E-state index contributed by atoms with van der Waals surface area (Å²) in [5, 5.41) is 7.32. The van der Waals surface area contributed by atoms with Crippen LogP contribution in [0, 0.1) is 13.8 Å². The highest BCUT2D eigenvalue weighted by Gasteiger charge is 2.19. The van der Waals surface area contributed by atoms with Crippen molar-refractivity contribution in [1.82, 2.24) is 15.1 Å². The van der Waals surface area contributed by atoms with Gasteiger partial charge in [-0.2, -0.15) is 5.10 Å².